The molecule has 0 spiro atoms. The molecule has 0 amide bonds. The number of thioether (sulfide) groups is 2. The summed E-state index contributed by atoms with van der Waals surface area (Å²) < 4.78 is 6.51. The number of rotatable bonds is 36. The van der Waals surface area contributed by atoms with Crippen LogP contribution in [0.2, 0.25) is 0 Å². The standard InChI is InChI=1S/C38H78OS2/c1-5-9-11-13-15-17-19-21-23-25-27-29-31-33-35-40-37(7-3)39-38(8-4)41-36-34-32-30-28-26-24-22-20-18-16-14-12-10-6-2/h37-38H,5-36H2,1-4H3. The maximum absolute atomic E-state index is 6.51. The number of hydrogen-bond donors (Lipinski definition) is 0. The van der Waals surface area contributed by atoms with Crippen LogP contribution in [0, 0.1) is 0 Å². The average Bonchev–Trinajstić information content (AvgIpc) is 2.99. The summed E-state index contributed by atoms with van der Waals surface area (Å²) in [6, 6.07) is 0. The highest BCUT2D eigenvalue weighted by molar-refractivity contribution is 8.00. The molecule has 0 radical (unpaired) electrons. The second-order valence-electron chi connectivity index (χ2n) is 12.7. The van der Waals surface area contributed by atoms with Gasteiger partial charge in [0.15, 0.2) is 0 Å². The van der Waals surface area contributed by atoms with Crippen LogP contribution in [-0.4, -0.2) is 22.4 Å². The fourth-order valence-electron chi connectivity index (χ4n) is 5.70. The lowest BCUT2D eigenvalue weighted by atomic mass is 10.0. The zero-order chi connectivity index (χ0) is 29.9. The Bertz CT molecular complexity index is 418. The molecule has 248 valence electrons. The largest absolute Gasteiger partial charge is 0.354 e. The molecule has 0 saturated carbocycles. The molecule has 41 heavy (non-hydrogen) atoms. The van der Waals surface area contributed by atoms with E-state index in [1.54, 1.807) is 0 Å². The Morgan fingerprint density at radius 2 is 0.537 bits per heavy atom. The molecule has 0 saturated heterocycles. The Morgan fingerprint density at radius 3 is 0.756 bits per heavy atom. The maximum atomic E-state index is 6.51. The second-order valence-corrected chi connectivity index (χ2v) is 15.3. The van der Waals surface area contributed by atoms with E-state index in [2.05, 4.69) is 51.2 Å². The minimum absolute atomic E-state index is 0.394. The van der Waals surface area contributed by atoms with Gasteiger partial charge < -0.3 is 4.74 Å². The summed E-state index contributed by atoms with van der Waals surface area (Å²) in [6.45, 7) is 9.21. The molecule has 0 aromatic carbocycles. The molecule has 0 aliphatic heterocycles. The number of ether oxygens (including phenoxy) is 1. The molecule has 0 bridgehead atoms. The molecule has 0 heterocycles. The van der Waals surface area contributed by atoms with Gasteiger partial charge in [-0.3, -0.25) is 0 Å². The van der Waals surface area contributed by atoms with Gasteiger partial charge in [0.1, 0.15) is 10.9 Å². The fourth-order valence-corrected chi connectivity index (χ4v) is 7.93. The Morgan fingerprint density at radius 1 is 0.317 bits per heavy atom. The second kappa shape index (κ2) is 36.8. The van der Waals surface area contributed by atoms with Crippen molar-refractivity contribution in [2.45, 2.75) is 231 Å². The van der Waals surface area contributed by atoms with E-state index in [-0.39, 0.29) is 0 Å². The van der Waals surface area contributed by atoms with E-state index in [0.29, 0.717) is 10.9 Å². The summed E-state index contributed by atoms with van der Waals surface area (Å²) in [4.78, 5) is 0. The number of hydrogen-bond acceptors (Lipinski definition) is 3. The van der Waals surface area contributed by atoms with E-state index < -0.39 is 0 Å². The van der Waals surface area contributed by atoms with Crippen LogP contribution < -0.4 is 0 Å². The van der Waals surface area contributed by atoms with Crippen molar-refractivity contribution in [2.24, 2.45) is 0 Å². The zero-order valence-corrected chi connectivity index (χ0v) is 30.6. The molecule has 0 aliphatic carbocycles. The van der Waals surface area contributed by atoms with E-state index in [9.17, 15) is 0 Å². The quantitative estimate of drug-likeness (QED) is 0.0513. The molecule has 0 N–H and O–H groups in total. The third kappa shape index (κ3) is 33.4. The third-order valence-electron chi connectivity index (χ3n) is 8.57. The molecule has 2 unspecified atom stereocenters. The molecule has 0 fully saturated rings. The highest BCUT2D eigenvalue weighted by Crippen LogP contribution is 2.27. The highest BCUT2D eigenvalue weighted by Gasteiger charge is 2.14. The molecule has 0 aromatic heterocycles. The predicted octanol–water partition coefficient (Wildman–Crippen LogP) is 14.9. The van der Waals surface area contributed by atoms with Gasteiger partial charge in [0.05, 0.1) is 0 Å². The predicted molar refractivity (Wildman–Crippen MR) is 195 cm³/mol. The van der Waals surface area contributed by atoms with Crippen LogP contribution in [0.5, 0.6) is 0 Å². The van der Waals surface area contributed by atoms with E-state index in [1.165, 1.54) is 191 Å². The lowest BCUT2D eigenvalue weighted by Gasteiger charge is -2.22. The van der Waals surface area contributed by atoms with Gasteiger partial charge in [0.2, 0.25) is 0 Å². The van der Waals surface area contributed by atoms with Crippen LogP contribution in [0.4, 0.5) is 0 Å². The van der Waals surface area contributed by atoms with Crippen LogP contribution in [0.25, 0.3) is 0 Å². The summed E-state index contributed by atoms with van der Waals surface area (Å²) in [5, 5.41) is 0. The first kappa shape index (κ1) is 41.7. The van der Waals surface area contributed by atoms with Gasteiger partial charge in [-0.15, -0.1) is 23.5 Å². The summed E-state index contributed by atoms with van der Waals surface area (Å²) in [6.07, 6.45) is 42.6. The minimum atomic E-state index is 0.394. The lowest BCUT2D eigenvalue weighted by molar-refractivity contribution is 0.0873. The number of unbranched alkanes of at least 4 members (excludes halogenated alkanes) is 26. The molecular weight excluding hydrogens is 537 g/mol. The topological polar surface area (TPSA) is 9.23 Å². The van der Waals surface area contributed by atoms with Crippen molar-refractivity contribution in [1.29, 1.82) is 0 Å². The smallest absolute Gasteiger partial charge is 0.104 e. The van der Waals surface area contributed by atoms with Crippen molar-refractivity contribution >= 4 is 23.5 Å². The first-order valence-corrected chi connectivity index (χ1v) is 21.3. The Balaban J connectivity index is 3.50. The molecule has 2 atom stereocenters. The van der Waals surface area contributed by atoms with Crippen LogP contribution in [-0.2, 0) is 4.74 Å². The molecule has 0 aliphatic rings. The van der Waals surface area contributed by atoms with Crippen molar-refractivity contribution in [3.63, 3.8) is 0 Å². The Hall–Kier alpha value is 0.660. The van der Waals surface area contributed by atoms with Crippen molar-refractivity contribution in [2.75, 3.05) is 11.5 Å². The Kier molecular flexibility index (Phi) is 37.4. The first-order valence-electron chi connectivity index (χ1n) is 19.2. The monoisotopic (exact) mass is 615 g/mol. The normalized spacial score (nSPS) is 13.2. The van der Waals surface area contributed by atoms with Crippen LogP contribution in [0.3, 0.4) is 0 Å². The molecular formula is C38H78OS2. The van der Waals surface area contributed by atoms with E-state index in [1.807, 2.05) is 0 Å². The van der Waals surface area contributed by atoms with Gasteiger partial charge in [-0.2, -0.15) is 0 Å². The lowest BCUT2D eigenvalue weighted by Crippen LogP contribution is -2.17. The highest BCUT2D eigenvalue weighted by atomic mass is 32.2. The van der Waals surface area contributed by atoms with Crippen molar-refractivity contribution in [1.82, 2.24) is 0 Å². The van der Waals surface area contributed by atoms with Crippen LogP contribution in [0.15, 0.2) is 0 Å². The molecule has 0 rings (SSSR count). The summed E-state index contributed by atoms with van der Waals surface area (Å²) in [5.41, 5.74) is 0.788. The van der Waals surface area contributed by atoms with Gasteiger partial charge in [0.25, 0.3) is 0 Å². The van der Waals surface area contributed by atoms with Gasteiger partial charge >= 0.3 is 0 Å². The van der Waals surface area contributed by atoms with Crippen molar-refractivity contribution in [3.05, 3.63) is 0 Å². The van der Waals surface area contributed by atoms with E-state index >= 15 is 0 Å². The third-order valence-corrected chi connectivity index (χ3v) is 11.3. The summed E-state index contributed by atoms with van der Waals surface area (Å²) in [7, 11) is 0. The Labute approximate surface area is 270 Å². The zero-order valence-electron chi connectivity index (χ0n) is 29.0. The van der Waals surface area contributed by atoms with Crippen molar-refractivity contribution in [3.8, 4) is 0 Å². The first-order chi connectivity index (χ1) is 20.3. The molecule has 3 heteroatoms. The molecule has 1 nitrogen and oxygen atoms in total. The van der Waals surface area contributed by atoms with Gasteiger partial charge in [0, 0.05) is 0 Å². The van der Waals surface area contributed by atoms with Gasteiger partial charge in [-0.05, 0) is 37.2 Å². The van der Waals surface area contributed by atoms with Gasteiger partial charge in [-0.1, -0.05) is 195 Å². The SMILES string of the molecule is CCCCCCCCCCCCCCCCSC(CC)OC(CC)SCCCCCCCCCCCCCCCC. The summed E-state index contributed by atoms with van der Waals surface area (Å²) in [5.74, 6) is 2.55. The van der Waals surface area contributed by atoms with Crippen LogP contribution >= 0.6 is 23.5 Å². The summed E-state index contributed by atoms with van der Waals surface area (Å²) >= 11 is 4.16. The minimum Gasteiger partial charge on any atom is -0.354 e. The maximum Gasteiger partial charge on any atom is 0.104 e. The van der Waals surface area contributed by atoms with E-state index in [0.717, 1.165) is 12.8 Å². The molecule has 0 aromatic rings. The average molecular weight is 615 g/mol. The van der Waals surface area contributed by atoms with Gasteiger partial charge in [-0.25, -0.2) is 0 Å². The van der Waals surface area contributed by atoms with Crippen molar-refractivity contribution < 1.29 is 4.74 Å². The van der Waals surface area contributed by atoms with Crippen LogP contribution in [0.1, 0.15) is 220 Å². The fraction of sp³-hybridized carbons (Fsp3) is 1.00. The van der Waals surface area contributed by atoms with E-state index in [4.69, 9.17) is 4.74 Å².